The third kappa shape index (κ3) is 1.74. The van der Waals surface area contributed by atoms with Crippen molar-refractivity contribution in [2.75, 3.05) is 6.54 Å². The molecule has 3 rings (SSSR count). The number of halogens is 1. The number of aromatic nitrogens is 3. The van der Waals surface area contributed by atoms with E-state index >= 15 is 0 Å². The topological polar surface area (TPSA) is 42.2 Å². The molecule has 2 aromatic heterocycles. The van der Waals surface area contributed by atoms with Gasteiger partial charge < -0.3 is 5.32 Å². The summed E-state index contributed by atoms with van der Waals surface area (Å²) in [6, 6.07) is 4.31. The average molecular weight is 281 g/mol. The number of hydrogen-bond donors (Lipinski definition) is 1. The second kappa shape index (κ2) is 4.14. The Hall–Kier alpha value is -0.940. The maximum absolute atomic E-state index is 4.29. The molecule has 1 atom stereocenters. The van der Waals surface area contributed by atoms with Crippen molar-refractivity contribution in [2.24, 2.45) is 0 Å². The molecule has 0 aliphatic carbocycles. The SMILES string of the molecule is Brc1ccc2nnc(C3CCCCN3)n2c1. The number of nitrogens with zero attached hydrogens (tertiary/aromatic N) is 3. The quantitative estimate of drug-likeness (QED) is 0.872. The fourth-order valence-corrected chi connectivity index (χ4v) is 2.53. The van der Waals surface area contributed by atoms with E-state index < -0.39 is 0 Å². The summed E-state index contributed by atoms with van der Waals surface area (Å²) in [5.74, 6) is 1.02. The first-order chi connectivity index (χ1) is 7.84. The fraction of sp³-hybridized carbons (Fsp3) is 0.455. The van der Waals surface area contributed by atoms with Crippen LogP contribution in [0.5, 0.6) is 0 Å². The van der Waals surface area contributed by atoms with Gasteiger partial charge in [-0.2, -0.15) is 0 Å². The Morgan fingerprint density at radius 3 is 3.06 bits per heavy atom. The van der Waals surface area contributed by atoms with Crippen molar-refractivity contribution in [3.8, 4) is 0 Å². The first-order valence-corrected chi connectivity index (χ1v) is 6.37. The Labute approximate surface area is 102 Å². The zero-order valence-electron chi connectivity index (χ0n) is 8.86. The molecule has 2 aromatic rings. The molecule has 1 aliphatic rings. The Morgan fingerprint density at radius 2 is 2.25 bits per heavy atom. The summed E-state index contributed by atoms with van der Waals surface area (Å²) < 4.78 is 3.12. The molecule has 1 unspecified atom stereocenters. The summed E-state index contributed by atoms with van der Waals surface area (Å²) >= 11 is 3.48. The smallest absolute Gasteiger partial charge is 0.160 e. The minimum Gasteiger partial charge on any atom is -0.307 e. The van der Waals surface area contributed by atoms with E-state index in [0.29, 0.717) is 6.04 Å². The van der Waals surface area contributed by atoms with Gasteiger partial charge in [-0.15, -0.1) is 10.2 Å². The lowest BCUT2D eigenvalue weighted by Gasteiger charge is -2.21. The van der Waals surface area contributed by atoms with Crippen LogP contribution in [0.4, 0.5) is 0 Å². The van der Waals surface area contributed by atoms with Crippen molar-refractivity contribution in [3.05, 3.63) is 28.6 Å². The Bertz CT molecular complexity index is 502. The van der Waals surface area contributed by atoms with E-state index in [-0.39, 0.29) is 0 Å². The van der Waals surface area contributed by atoms with Crippen LogP contribution in [0.25, 0.3) is 5.65 Å². The summed E-state index contributed by atoms with van der Waals surface area (Å²) in [5, 5.41) is 12.0. The highest BCUT2D eigenvalue weighted by Crippen LogP contribution is 2.22. The third-order valence-electron chi connectivity index (χ3n) is 3.01. The van der Waals surface area contributed by atoms with Crippen LogP contribution in [0.3, 0.4) is 0 Å². The van der Waals surface area contributed by atoms with E-state index in [1.54, 1.807) is 0 Å². The van der Waals surface area contributed by atoms with Gasteiger partial charge in [0.25, 0.3) is 0 Å². The molecular weight excluding hydrogens is 268 g/mol. The highest BCUT2D eigenvalue weighted by molar-refractivity contribution is 9.10. The summed E-state index contributed by atoms with van der Waals surface area (Å²) in [5.41, 5.74) is 0.908. The molecular formula is C11H13BrN4. The van der Waals surface area contributed by atoms with E-state index in [9.17, 15) is 0 Å². The molecule has 0 saturated carbocycles. The van der Waals surface area contributed by atoms with Gasteiger partial charge in [-0.3, -0.25) is 4.40 Å². The van der Waals surface area contributed by atoms with Crippen LogP contribution in [-0.2, 0) is 0 Å². The van der Waals surface area contributed by atoms with Gasteiger partial charge in [-0.25, -0.2) is 0 Å². The van der Waals surface area contributed by atoms with Crippen molar-refractivity contribution in [3.63, 3.8) is 0 Å². The molecule has 4 nitrogen and oxygen atoms in total. The normalized spacial score (nSPS) is 21.4. The lowest BCUT2D eigenvalue weighted by Crippen LogP contribution is -2.28. The maximum Gasteiger partial charge on any atom is 0.160 e. The van der Waals surface area contributed by atoms with Crippen LogP contribution in [0.1, 0.15) is 31.1 Å². The average Bonchev–Trinajstić information content (AvgIpc) is 2.73. The van der Waals surface area contributed by atoms with Crippen LogP contribution in [0, 0.1) is 0 Å². The largest absolute Gasteiger partial charge is 0.307 e. The first kappa shape index (κ1) is 10.2. The lowest BCUT2D eigenvalue weighted by molar-refractivity contribution is 0.395. The first-order valence-electron chi connectivity index (χ1n) is 5.58. The van der Waals surface area contributed by atoms with Crippen molar-refractivity contribution < 1.29 is 0 Å². The minimum absolute atomic E-state index is 0.345. The van der Waals surface area contributed by atoms with Crippen molar-refractivity contribution >= 4 is 21.6 Å². The highest BCUT2D eigenvalue weighted by Gasteiger charge is 2.19. The molecule has 5 heteroatoms. The molecule has 0 amide bonds. The van der Waals surface area contributed by atoms with Crippen LogP contribution in [0.15, 0.2) is 22.8 Å². The molecule has 0 aromatic carbocycles. The van der Waals surface area contributed by atoms with Gasteiger partial charge in [0, 0.05) is 10.7 Å². The van der Waals surface area contributed by atoms with Gasteiger partial charge >= 0.3 is 0 Å². The van der Waals surface area contributed by atoms with Gasteiger partial charge in [-0.05, 0) is 47.4 Å². The van der Waals surface area contributed by atoms with Crippen molar-refractivity contribution in [1.82, 2.24) is 19.9 Å². The Morgan fingerprint density at radius 1 is 1.31 bits per heavy atom. The summed E-state index contributed by atoms with van der Waals surface area (Å²) in [4.78, 5) is 0. The fourth-order valence-electron chi connectivity index (χ4n) is 2.19. The van der Waals surface area contributed by atoms with Gasteiger partial charge in [-0.1, -0.05) is 6.42 Å². The Kier molecular flexibility index (Phi) is 2.65. The predicted octanol–water partition coefficient (Wildman–Crippen LogP) is 2.31. The molecule has 0 bridgehead atoms. The van der Waals surface area contributed by atoms with Crippen LogP contribution in [0.2, 0.25) is 0 Å². The number of fused-ring (bicyclic) bond motifs is 1. The predicted molar refractivity (Wildman–Crippen MR) is 65.3 cm³/mol. The van der Waals surface area contributed by atoms with Gasteiger partial charge in [0.1, 0.15) is 0 Å². The second-order valence-electron chi connectivity index (χ2n) is 4.14. The number of rotatable bonds is 1. The molecule has 84 valence electrons. The maximum atomic E-state index is 4.29. The van der Waals surface area contributed by atoms with Gasteiger partial charge in [0.2, 0.25) is 0 Å². The van der Waals surface area contributed by atoms with E-state index in [4.69, 9.17) is 0 Å². The van der Waals surface area contributed by atoms with Crippen molar-refractivity contribution in [2.45, 2.75) is 25.3 Å². The van der Waals surface area contributed by atoms with E-state index in [1.165, 1.54) is 12.8 Å². The lowest BCUT2D eigenvalue weighted by atomic mass is 10.0. The molecule has 3 heterocycles. The van der Waals surface area contributed by atoms with Gasteiger partial charge in [0.05, 0.1) is 6.04 Å². The zero-order chi connectivity index (χ0) is 11.0. The molecule has 1 aliphatic heterocycles. The van der Waals surface area contributed by atoms with E-state index in [1.807, 2.05) is 18.3 Å². The molecule has 1 saturated heterocycles. The molecule has 0 radical (unpaired) electrons. The number of hydrogen-bond acceptors (Lipinski definition) is 3. The van der Waals surface area contributed by atoms with Gasteiger partial charge in [0.15, 0.2) is 11.5 Å². The van der Waals surface area contributed by atoms with E-state index in [0.717, 1.165) is 28.9 Å². The Balaban J connectivity index is 2.05. The summed E-state index contributed by atoms with van der Waals surface area (Å²) in [7, 11) is 0. The number of pyridine rings is 1. The second-order valence-corrected chi connectivity index (χ2v) is 5.05. The molecule has 1 fully saturated rings. The van der Waals surface area contributed by atoms with E-state index in [2.05, 4.69) is 35.8 Å². The molecule has 1 N–H and O–H groups in total. The highest BCUT2D eigenvalue weighted by atomic mass is 79.9. The monoisotopic (exact) mass is 280 g/mol. The third-order valence-corrected chi connectivity index (χ3v) is 3.48. The van der Waals surface area contributed by atoms with Crippen LogP contribution < -0.4 is 5.32 Å². The standard InChI is InChI=1S/C11H13BrN4/c12-8-4-5-10-14-15-11(16(10)7-8)9-3-1-2-6-13-9/h4-5,7,9,13H,1-3,6H2. The van der Waals surface area contributed by atoms with Crippen LogP contribution >= 0.6 is 15.9 Å². The number of nitrogens with one attached hydrogen (secondary N) is 1. The molecule has 16 heavy (non-hydrogen) atoms. The van der Waals surface area contributed by atoms with Crippen molar-refractivity contribution in [1.29, 1.82) is 0 Å². The number of piperidine rings is 1. The summed E-state index contributed by atoms with van der Waals surface area (Å²) in [6.45, 7) is 1.08. The van der Waals surface area contributed by atoms with Crippen LogP contribution in [-0.4, -0.2) is 21.1 Å². The zero-order valence-corrected chi connectivity index (χ0v) is 10.4. The summed E-state index contributed by atoms with van der Waals surface area (Å²) in [6.07, 6.45) is 5.70. The minimum atomic E-state index is 0.345. The molecule has 0 spiro atoms.